The predicted molar refractivity (Wildman–Crippen MR) is 113 cm³/mol. The molecule has 1 aliphatic rings. The number of nitrogens with zero attached hydrogens (tertiary/aromatic N) is 4. The van der Waals surface area contributed by atoms with Gasteiger partial charge in [0.15, 0.2) is 5.58 Å². The van der Waals surface area contributed by atoms with Crippen molar-refractivity contribution in [3.8, 4) is 0 Å². The molecule has 0 unspecified atom stereocenters. The third-order valence-corrected chi connectivity index (χ3v) is 5.40. The summed E-state index contributed by atoms with van der Waals surface area (Å²) in [6, 6.07) is 9.96. The van der Waals surface area contributed by atoms with E-state index in [1.807, 2.05) is 37.4 Å². The van der Waals surface area contributed by atoms with Gasteiger partial charge in [-0.25, -0.2) is 9.37 Å². The van der Waals surface area contributed by atoms with E-state index in [4.69, 9.17) is 4.52 Å². The lowest BCUT2D eigenvalue weighted by Crippen LogP contribution is -2.27. The van der Waals surface area contributed by atoms with Crippen LogP contribution in [-0.2, 0) is 6.42 Å². The molecule has 30 heavy (non-hydrogen) atoms. The number of pyridine rings is 1. The van der Waals surface area contributed by atoms with Gasteiger partial charge in [-0.05, 0) is 43.7 Å². The summed E-state index contributed by atoms with van der Waals surface area (Å²) in [7, 11) is 0. The van der Waals surface area contributed by atoms with Gasteiger partial charge < -0.3 is 9.42 Å². The first kappa shape index (κ1) is 18.3. The highest BCUT2D eigenvalue weighted by Crippen LogP contribution is 2.27. The highest BCUT2D eigenvalue weighted by molar-refractivity contribution is 5.91. The minimum atomic E-state index is -0.348. The molecule has 0 amide bonds. The maximum absolute atomic E-state index is 13.4. The Bertz CT molecular complexity index is 1380. The molecular weight excluding hydrogens is 383 g/mol. The van der Waals surface area contributed by atoms with Gasteiger partial charge in [-0.2, -0.15) is 0 Å². The largest absolute Gasteiger partial charge is 0.373 e. The fraction of sp³-hybridized carbons (Fsp3) is 0.174. The van der Waals surface area contributed by atoms with E-state index >= 15 is 0 Å². The summed E-state index contributed by atoms with van der Waals surface area (Å²) >= 11 is 0. The third kappa shape index (κ3) is 3.18. The minimum absolute atomic E-state index is 0.0170. The van der Waals surface area contributed by atoms with Crippen LogP contribution in [0.2, 0.25) is 0 Å². The van der Waals surface area contributed by atoms with Crippen LogP contribution in [0.5, 0.6) is 0 Å². The van der Waals surface area contributed by atoms with Crippen LogP contribution in [-0.4, -0.2) is 32.5 Å². The molecule has 1 aromatic carbocycles. The van der Waals surface area contributed by atoms with Crippen LogP contribution in [0.3, 0.4) is 0 Å². The first-order valence-electron chi connectivity index (χ1n) is 9.75. The van der Waals surface area contributed by atoms with Crippen molar-refractivity contribution in [2.75, 3.05) is 13.1 Å². The standard InChI is InChI=1S/C23H19FN4O2/c1-15-18(23(29)28-10-3-2-4-21(28)25-15)9-13-27-11-7-16(8-12-27)22-19-6-5-17(24)14-20(19)30-26-22/h2-8,10-11,14H,9,12-13H2,1H3. The Hall–Kier alpha value is -3.74. The SMILES string of the molecule is Cc1nc2ccccn2c(=O)c1CCN1C=CC(c2noc3cc(F)ccc23)=CC1. The lowest BCUT2D eigenvalue weighted by Gasteiger charge is -2.22. The maximum Gasteiger partial charge on any atom is 0.261 e. The van der Waals surface area contributed by atoms with E-state index in [0.29, 0.717) is 36.4 Å². The first-order valence-corrected chi connectivity index (χ1v) is 9.75. The summed E-state index contributed by atoms with van der Waals surface area (Å²) in [5.41, 5.74) is 4.21. The summed E-state index contributed by atoms with van der Waals surface area (Å²) in [5, 5.41) is 4.88. The number of rotatable bonds is 4. The summed E-state index contributed by atoms with van der Waals surface area (Å²) in [6.45, 7) is 3.26. The number of hydrogen-bond acceptors (Lipinski definition) is 5. The van der Waals surface area contributed by atoms with E-state index in [0.717, 1.165) is 22.2 Å². The smallest absolute Gasteiger partial charge is 0.261 e. The predicted octanol–water partition coefficient (Wildman–Crippen LogP) is 3.74. The van der Waals surface area contributed by atoms with Crippen molar-refractivity contribution < 1.29 is 8.91 Å². The van der Waals surface area contributed by atoms with Crippen molar-refractivity contribution >= 4 is 22.2 Å². The van der Waals surface area contributed by atoms with Crippen molar-refractivity contribution in [1.82, 2.24) is 19.4 Å². The van der Waals surface area contributed by atoms with Gasteiger partial charge in [0, 0.05) is 53.8 Å². The van der Waals surface area contributed by atoms with Crippen molar-refractivity contribution in [3.63, 3.8) is 0 Å². The van der Waals surface area contributed by atoms with Gasteiger partial charge in [-0.3, -0.25) is 9.20 Å². The minimum Gasteiger partial charge on any atom is -0.373 e. The fourth-order valence-corrected chi connectivity index (χ4v) is 3.77. The van der Waals surface area contributed by atoms with Crippen LogP contribution in [0, 0.1) is 12.7 Å². The summed E-state index contributed by atoms with van der Waals surface area (Å²) in [6.07, 6.45) is 8.36. The zero-order valence-electron chi connectivity index (χ0n) is 16.4. The zero-order valence-corrected chi connectivity index (χ0v) is 16.4. The molecule has 6 nitrogen and oxygen atoms in total. The van der Waals surface area contributed by atoms with Crippen molar-refractivity contribution in [2.45, 2.75) is 13.3 Å². The van der Waals surface area contributed by atoms with E-state index in [9.17, 15) is 9.18 Å². The lowest BCUT2D eigenvalue weighted by atomic mass is 10.1. The molecule has 0 spiro atoms. The Morgan fingerprint density at radius 1 is 1.23 bits per heavy atom. The van der Waals surface area contributed by atoms with E-state index < -0.39 is 0 Å². The molecule has 4 aromatic rings. The fourth-order valence-electron chi connectivity index (χ4n) is 3.77. The number of aryl methyl sites for hydroxylation is 1. The highest BCUT2D eigenvalue weighted by Gasteiger charge is 2.16. The molecule has 150 valence electrons. The van der Waals surface area contributed by atoms with Crippen LogP contribution in [0.15, 0.2) is 70.3 Å². The Morgan fingerprint density at radius 2 is 2.13 bits per heavy atom. The molecule has 0 saturated carbocycles. The van der Waals surface area contributed by atoms with Gasteiger partial charge >= 0.3 is 0 Å². The number of allylic oxidation sites excluding steroid dienone is 2. The van der Waals surface area contributed by atoms with Crippen molar-refractivity contribution in [2.24, 2.45) is 0 Å². The van der Waals surface area contributed by atoms with Crippen LogP contribution in [0.1, 0.15) is 17.0 Å². The molecule has 0 N–H and O–H groups in total. The summed E-state index contributed by atoms with van der Waals surface area (Å²) < 4.78 is 20.2. The average molecular weight is 402 g/mol. The van der Waals surface area contributed by atoms with E-state index in [1.54, 1.807) is 16.7 Å². The van der Waals surface area contributed by atoms with Crippen LogP contribution >= 0.6 is 0 Å². The van der Waals surface area contributed by atoms with Gasteiger partial charge in [-0.1, -0.05) is 17.3 Å². The molecule has 0 aliphatic carbocycles. The summed E-state index contributed by atoms with van der Waals surface area (Å²) in [5.74, 6) is -0.348. The Labute approximate surface area is 171 Å². The molecule has 0 saturated heterocycles. The summed E-state index contributed by atoms with van der Waals surface area (Å²) in [4.78, 5) is 19.5. The Morgan fingerprint density at radius 3 is 2.97 bits per heavy atom. The van der Waals surface area contributed by atoms with Gasteiger partial charge in [0.2, 0.25) is 0 Å². The average Bonchev–Trinajstić information content (AvgIpc) is 3.17. The molecular formula is C23H19FN4O2. The van der Waals surface area contributed by atoms with E-state index in [1.165, 1.54) is 12.1 Å². The maximum atomic E-state index is 13.4. The Kier molecular flexibility index (Phi) is 4.43. The molecule has 5 rings (SSSR count). The topological polar surface area (TPSA) is 63.6 Å². The van der Waals surface area contributed by atoms with Crippen LogP contribution in [0.4, 0.5) is 4.39 Å². The highest BCUT2D eigenvalue weighted by atomic mass is 19.1. The Balaban J connectivity index is 1.32. The molecule has 3 aromatic heterocycles. The van der Waals surface area contributed by atoms with Crippen molar-refractivity contribution in [1.29, 1.82) is 0 Å². The van der Waals surface area contributed by atoms with E-state index in [-0.39, 0.29) is 11.4 Å². The molecule has 0 fully saturated rings. The number of halogens is 1. The number of hydrogen-bond donors (Lipinski definition) is 0. The first-order chi connectivity index (χ1) is 14.6. The lowest BCUT2D eigenvalue weighted by molar-refractivity contribution is 0.415. The van der Waals surface area contributed by atoms with Crippen molar-refractivity contribution in [3.05, 3.63) is 94.1 Å². The molecule has 4 heterocycles. The number of benzene rings is 1. The van der Waals surface area contributed by atoms with Gasteiger partial charge in [0.25, 0.3) is 5.56 Å². The molecule has 1 aliphatic heterocycles. The molecule has 0 bridgehead atoms. The van der Waals surface area contributed by atoms with Gasteiger partial charge in [0.1, 0.15) is 17.2 Å². The second-order valence-corrected chi connectivity index (χ2v) is 7.30. The number of fused-ring (bicyclic) bond motifs is 2. The normalized spacial score (nSPS) is 13.9. The van der Waals surface area contributed by atoms with Crippen LogP contribution < -0.4 is 5.56 Å². The molecule has 0 radical (unpaired) electrons. The monoisotopic (exact) mass is 402 g/mol. The molecule has 0 atom stereocenters. The second kappa shape index (κ2) is 7.26. The molecule has 7 heteroatoms. The van der Waals surface area contributed by atoms with Gasteiger partial charge in [-0.15, -0.1) is 0 Å². The second-order valence-electron chi connectivity index (χ2n) is 7.30. The third-order valence-electron chi connectivity index (χ3n) is 5.40. The van der Waals surface area contributed by atoms with E-state index in [2.05, 4.69) is 21.1 Å². The number of aromatic nitrogens is 3. The quantitative estimate of drug-likeness (QED) is 0.520. The van der Waals surface area contributed by atoms with Crippen LogP contribution in [0.25, 0.3) is 22.2 Å². The zero-order chi connectivity index (χ0) is 20.7. The van der Waals surface area contributed by atoms with Gasteiger partial charge in [0.05, 0.1) is 0 Å².